The first kappa shape index (κ1) is 12.7. The van der Waals surface area contributed by atoms with Crippen LogP contribution in [0.4, 0.5) is 0 Å². The predicted octanol–water partition coefficient (Wildman–Crippen LogP) is 2.36. The Kier molecular flexibility index (Phi) is 4.06. The van der Waals surface area contributed by atoms with Gasteiger partial charge in [-0.2, -0.15) is 5.26 Å². The molecule has 0 fully saturated rings. The van der Waals surface area contributed by atoms with Crippen LogP contribution in [-0.2, 0) is 0 Å². The second-order valence-electron chi connectivity index (χ2n) is 4.58. The van der Waals surface area contributed by atoms with Crippen molar-refractivity contribution in [3.05, 3.63) is 23.8 Å². The van der Waals surface area contributed by atoms with Gasteiger partial charge in [-0.1, -0.05) is 6.07 Å². The smallest absolute Gasteiger partial charge is 0.161 e. The Morgan fingerprint density at radius 3 is 2.67 bits per heavy atom. The molecular weight excluding hydrogens is 228 g/mol. The Morgan fingerprint density at radius 1 is 1.28 bits per heavy atom. The number of nitrogens with zero attached hydrogens (tertiary/aromatic N) is 2. The maximum Gasteiger partial charge on any atom is 0.161 e. The minimum Gasteiger partial charge on any atom is -0.486 e. The van der Waals surface area contributed by atoms with Crippen molar-refractivity contribution in [3.8, 4) is 17.6 Å². The first-order valence-corrected chi connectivity index (χ1v) is 6.15. The van der Waals surface area contributed by atoms with Gasteiger partial charge in [0.2, 0.25) is 0 Å². The summed E-state index contributed by atoms with van der Waals surface area (Å²) in [5.41, 5.74) is 1.17. The molecule has 1 aromatic rings. The lowest BCUT2D eigenvalue weighted by Crippen LogP contribution is -2.21. The Labute approximate surface area is 108 Å². The zero-order chi connectivity index (χ0) is 13.0. The lowest BCUT2D eigenvalue weighted by molar-refractivity contribution is 0.170. The zero-order valence-electron chi connectivity index (χ0n) is 10.8. The third-order valence-electron chi connectivity index (χ3n) is 3.10. The fourth-order valence-electron chi connectivity index (χ4n) is 2.19. The van der Waals surface area contributed by atoms with E-state index in [0.717, 1.165) is 17.9 Å². The molecule has 18 heavy (non-hydrogen) atoms. The first-order chi connectivity index (χ1) is 8.72. The van der Waals surface area contributed by atoms with Crippen molar-refractivity contribution in [2.24, 2.45) is 0 Å². The molecule has 0 aliphatic carbocycles. The fraction of sp³-hybridized carbons (Fsp3) is 0.500. The number of ether oxygens (including phenoxy) is 2. The van der Waals surface area contributed by atoms with Crippen LogP contribution in [-0.4, -0.2) is 32.2 Å². The lowest BCUT2D eigenvalue weighted by Gasteiger charge is -2.26. The Hall–Kier alpha value is -1.73. The van der Waals surface area contributed by atoms with Crippen molar-refractivity contribution in [1.82, 2.24) is 4.90 Å². The molecule has 0 spiro atoms. The summed E-state index contributed by atoms with van der Waals surface area (Å²) in [5.74, 6) is 1.62. The van der Waals surface area contributed by atoms with Crippen LogP contribution in [0.5, 0.6) is 11.5 Å². The third-order valence-corrected chi connectivity index (χ3v) is 3.10. The summed E-state index contributed by atoms with van der Waals surface area (Å²) in [6.07, 6.45) is 1.38. The van der Waals surface area contributed by atoms with Crippen LogP contribution in [0.15, 0.2) is 18.2 Å². The van der Waals surface area contributed by atoms with Gasteiger partial charge in [-0.25, -0.2) is 0 Å². The van der Waals surface area contributed by atoms with Crippen LogP contribution in [0.3, 0.4) is 0 Å². The molecular formula is C14H18N2O2. The number of nitriles is 1. The molecule has 1 atom stereocenters. The lowest BCUT2D eigenvalue weighted by atomic mass is 10.0. The monoisotopic (exact) mass is 246 g/mol. The van der Waals surface area contributed by atoms with Crippen molar-refractivity contribution >= 4 is 0 Å². The quantitative estimate of drug-likeness (QED) is 0.818. The van der Waals surface area contributed by atoms with Crippen molar-refractivity contribution < 1.29 is 9.47 Å². The normalized spacial score (nSPS) is 15.2. The van der Waals surface area contributed by atoms with E-state index in [9.17, 15) is 0 Å². The first-order valence-electron chi connectivity index (χ1n) is 6.15. The minimum atomic E-state index is 0.237. The Bertz CT molecular complexity index is 452. The second-order valence-corrected chi connectivity index (χ2v) is 4.58. The number of hydrogen-bond donors (Lipinski definition) is 0. The molecule has 4 heteroatoms. The standard InChI is InChI=1S/C14H18N2O2/c1-16(2)12(4-3-7-15)11-5-6-13-14(10-11)18-9-8-17-13/h5-6,10,12H,3-4,8-9H2,1-2H3. The Balaban J connectivity index is 2.22. The molecule has 96 valence electrons. The fourth-order valence-corrected chi connectivity index (χ4v) is 2.19. The van der Waals surface area contributed by atoms with Crippen molar-refractivity contribution in [3.63, 3.8) is 0 Å². The van der Waals surface area contributed by atoms with Gasteiger partial charge in [-0.05, 0) is 38.2 Å². The summed E-state index contributed by atoms with van der Waals surface area (Å²) in [5, 5.41) is 8.72. The van der Waals surface area contributed by atoms with E-state index in [1.165, 1.54) is 5.56 Å². The molecule has 2 rings (SSSR count). The van der Waals surface area contributed by atoms with Crippen LogP contribution in [0.25, 0.3) is 0 Å². The molecule has 0 saturated heterocycles. The van der Waals surface area contributed by atoms with E-state index in [-0.39, 0.29) is 6.04 Å². The highest BCUT2D eigenvalue weighted by Gasteiger charge is 2.18. The van der Waals surface area contributed by atoms with Gasteiger partial charge in [0.25, 0.3) is 0 Å². The third kappa shape index (κ3) is 2.74. The van der Waals surface area contributed by atoms with Crippen molar-refractivity contribution in [1.29, 1.82) is 5.26 Å². The minimum absolute atomic E-state index is 0.237. The summed E-state index contributed by atoms with van der Waals surface area (Å²) < 4.78 is 11.1. The number of hydrogen-bond acceptors (Lipinski definition) is 4. The molecule has 1 unspecified atom stereocenters. The summed E-state index contributed by atoms with van der Waals surface area (Å²) in [7, 11) is 4.05. The van der Waals surface area contributed by atoms with Gasteiger partial charge in [0.1, 0.15) is 13.2 Å². The van der Waals surface area contributed by atoms with E-state index in [4.69, 9.17) is 14.7 Å². The van der Waals surface area contributed by atoms with Gasteiger partial charge >= 0.3 is 0 Å². The average Bonchev–Trinajstić information content (AvgIpc) is 2.38. The summed E-state index contributed by atoms with van der Waals surface area (Å²) in [6, 6.07) is 8.47. The molecule has 4 nitrogen and oxygen atoms in total. The number of fused-ring (bicyclic) bond motifs is 1. The molecule has 0 saturated carbocycles. The Morgan fingerprint density at radius 2 is 2.00 bits per heavy atom. The molecule has 1 aromatic carbocycles. The maximum absolute atomic E-state index is 8.72. The van der Waals surface area contributed by atoms with E-state index in [1.54, 1.807) is 0 Å². The molecule has 0 N–H and O–H groups in total. The topological polar surface area (TPSA) is 45.5 Å². The van der Waals surface area contributed by atoms with Crippen LogP contribution in [0.1, 0.15) is 24.4 Å². The SMILES string of the molecule is CN(C)C(CCC#N)c1ccc2c(c1)OCCO2. The van der Waals surface area contributed by atoms with Gasteiger partial charge < -0.3 is 14.4 Å². The van der Waals surface area contributed by atoms with Crippen molar-refractivity contribution in [2.75, 3.05) is 27.3 Å². The second kappa shape index (κ2) is 5.74. The van der Waals surface area contributed by atoms with Gasteiger partial charge in [-0.15, -0.1) is 0 Å². The van der Waals surface area contributed by atoms with E-state index < -0.39 is 0 Å². The van der Waals surface area contributed by atoms with Gasteiger partial charge in [-0.3, -0.25) is 0 Å². The molecule has 0 bridgehead atoms. The highest BCUT2D eigenvalue weighted by Crippen LogP contribution is 2.34. The van der Waals surface area contributed by atoms with E-state index >= 15 is 0 Å². The van der Waals surface area contributed by atoms with Gasteiger partial charge in [0, 0.05) is 12.5 Å². The van der Waals surface area contributed by atoms with Gasteiger partial charge in [0.15, 0.2) is 11.5 Å². The van der Waals surface area contributed by atoms with E-state index in [2.05, 4.69) is 17.0 Å². The van der Waals surface area contributed by atoms with Crippen molar-refractivity contribution in [2.45, 2.75) is 18.9 Å². The molecule has 0 amide bonds. The summed E-state index contributed by atoms with van der Waals surface area (Å²) in [4.78, 5) is 2.13. The molecule has 1 heterocycles. The highest BCUT2D eigenvalue weighted by atomic mass is 16.6. The van der Waals surface area contributed by atoms with Gasteiger partial charge in [0.05, 0.1) is 6.07 Å². The average molecular weight is 246 g/mol. The highest BCUT2D eigenvalue weighted by molar-refractivity contribution is 5.44. The summed E-state index contributed by atoms with van der Waals surface area (Å²) >= 11 is 0. The molecule has 0 aromatic heterocycles. The molecule has 0 radical (unpaired) electrons. The van der Waals surface area contributed by atoms with E-state index in [1.807, 2.05) is 26.2 Å². The van der Waals surface area contributed by atoms with Crippen LogP contribution < -0.4 is 9.47 Å². The number of rotatable bonds is 4. The molecule has 1 aliphatic heterocycles. The van der Waals surface area contributed by atoms with Crippen LogP contribution in [0.2, 0.25) is 0 Å². The van der Waals surface area contributed by atoms with Crippen LogP contribution in [0, 0.1) is 11.3 Å². The number of benzene rings is 1. The molecule has 1 aliphatic rings. The largest absolute Gasteiger partial charge is 0.486 e. The zero-order valence-corrected chi connectivity index (χ0v) is 10.8. The maximum atomic E-state index is 8.72. The van der Waals surface area contributed by atoms with Crippen LogP contribution >= 0.6 is 0 Å². The van der Waals surface area contributed by atoms with E-state index in [0.29, 0.717) is 19.6 Å². The summed E-state index contributed by atoms with van der Waals surface area (Å²) in [6.45, 7) is 1.21. The predicted molar refractivity (Wildman–Crippen MR) is 68.7 cm³/mol.